The number of benzene rings is 3. The maximum Gasteiger partial charge on any atom is 0.261 e. The van der Waals surface area contributed by atoms with Crippen molar-refractivity contribution in [1.29, 1.82) is 0 Å². The third kappa shape index (κ3) is 5.49. The van der Waals surface area contributed by atoms with Crippen molar-refractivity contribution >= 4 is 21.6 Å². The van der Waals surface area contributed by atoms with Gasteiger partial charge in [-0.1, -0.05) is 48.5 Å². The molecule has 0 atom stereocenters. The van der Waals surface area contributed by atoms with Gasteiger partial charge in [-0.2, -0.15) is 0 Å². The first-order valence-corrected chi connectivity index (χ1v) is 10.9. The summed E-state index contributed by atoms with van der Waals surface area (Å²) in [4.78, 5) is 14.8. The van der Waals surface area contributed by atoms with E-state index in [-0.39, 0.29) is 10.8 Å². The van der Waals surface area contributed by atoms with Gasteiger partial charge in [0.15, 0.2) is 0 Å². The fraction of sp³-hybridized carbons (Fsp3) is 0.125. The lowest BCUT2D eigenvalue weighted by molar-refractivity contribution is 0.0747. The second-order valence-corrected chi connectivity index (χ2v) is 8.34. The van der Waals surface area contributed by atoms with Crippen molar-refractivity contribution < 1.29 is 13.2 Å². The van der Waals surface area contributed by atoms with E-state index >= 15 is 0 Å². The first-order valence-electron chi connectivity index (χ1n) is 9.44. The van der Waals surface area contributed by atoms with Crippen LogP contribution in [0.2, 0.25) is 0 Å². The minimum Gasteiger partial charge on any atom is -0.333 e. The van der Waals surface area contributed by atoms with Crippen LogP contribution >= 0.6 is 0 Å². The Balaban J connectivity index is 1.77. The highest BCUT2D eigenvalue weighted by Crippen LogP contribution is 2.18. The zero-order valence-corrected chi connectivity index (χ0v) is 17.2. The minimum absolute atomic E-state index is 0.0844. The topological polar surface area (TPSA) is 66.5 Å². The van der Waals surface area contributed by atoms with Crippen molar-refractivity contribution in [3.63, 3.8) is 0 Å². The van der Waals surface area contributed by atoms with Gasteiger partial charge in [0, 0.05) is 30.8 Å². The lowest BCUT2D eigenvalue weighted by Gasteiger charge is -2.22. The standard InChI is InChI=1S/C24H22N2O3S/c1-2-3-18-26(19-20-10-6-4-7-11-20)24(27)21-14-16-23(17-15-21)30(28,29)25-22-12-8-5-9-13-22/h1,4-17,25H,3,18-19H2. The van der Waals surface area contributed by atoms with Gasteiger partial charge in [0.2, 0.25) is 0 Å². The van der Waals surface area contributed by atoms with Crippen LogP contribution in [0.1, 0.15) is 22.3 Å². The summed E-state index contributed by atoms with van der Waals surface area (Å²) in [7, 11) is -3.74. The average molecular weight is 419 g/mol. The minimum atomic E-state index is -3.74. The molecule has 3 aromatic rings. The molecule has 3 aromatic carbocycles. The molecule has 0 radical (unpaired) electrons. The van der Waals surface area contributed by atoms with E-state index in [4.69, 9.17) is 6.42 Å². The van der Waals surface area contributed by atoms with Gasteiger partial charge < -0.3 is 4.90 Å². The van der Waals surface area contributed by atoms with Gasteiger partial charge in [0.1, 0.15) is 0 Å². The number of amides is 1. The predicted octanol–water partition coefficient (Wildman–Crippen LogP) is 4.15. The van der Waals surface area contributed by atoms with Gasteiger partial charge in [-0.3, -0.25) is 9.52 Å². The molecule has 0 aliphatic carbocycles. The molecule has 1 N–H and O–H groups in total. The number of rotatable bonds is 8. The van der Waals surface area contributed by atoms with Crippen LogP contribution in [-0.2, 0) is 16.6 Å². The number of para-hydroxylation sites is 1. The molecule has 1 amide bonds. The summed E-state index contributed by atoms with van der Waals surface area (Å²) in [5.41, 5.74) is 1.87. The Bertz CT molecular complexity index is 1120. The summed E-state index contributed by atoms with van der Waals surface area (Å²) in [6, 6.07) is 24.2. The lowest BCUT2D eigenvalue weighted by atomic mass is 10.1. The summed E-state index contributed by atoms with van der Waals surface area (Å²) < 4.78 is 27.7. The number of carbonyl (C=O) groups is 1. The van der Waals surface area contributed by atoms with E-state index in [2.05, 4.69) is 10.6 Å². The highest BCUT2D eigenvalue weighted by Gasteiger charge is 2.18. The average Bonchev–Trinajstić information content (AvgIpc) is 2.77. The SMILES string of the molecule is C#CCCN(Cc1ccccc1)C(=O)c1ccc(S(=O)(=O)Nc2ccccc2)cc1. The monoisotopic (exact) mass is 418 g/mol. The molecule has 0 saturated carbocycles. The molecule has 3 rings (SSSR count). The van der Waals surface area contributed by atoms with Crippen molar-refractivity contribution in [3.05, 3.63) is 96.1 Å². The molecule has 30 heavy (non-hydrogen) atoms. The molecule has 0 spiro atoms. The van der Waals surface area contributed by atoms with E-state index in [1.54, 1.807) is 35.2 Å². The molecule has 0 heterocycles. The Kier molecular flexibility index (Phi) is 6.89. The molecule has 0 saturated heterocycles. The zero-order chi connectivity index (χ0) is 21.4. The second kappa shape index (κ2) is 9.77. The van der Waals surface area contributed by atoms with Crippen LogP contribution in [0.25, 0.3) is 0 Å². The summed E-state index contributed by atoms with van der Waals surface area (Å²) in [5, 5.41) is 0. The Morgan fingerprint density at radius 3 is 2.10 bits per heavy atom. The smallest absolute Gasteiger partial charge is 0.261 e. The first-order chi connectivity index (χ1) is 14.5. The van der Waals surface area contributed by atoms with Crippen molar-refractivity contribution in [3.8, 4) is 12.3 Å². The Morgan fingerprint density at radius 1 is 0.900 bits per heavy atom. The molecule has 0 aliphatic heterocycles. The molecule has 5 nitrogen and oxygen atoms in total. The Labute approximate surface area is 177 Å². The van der Waals surface area contributed by atoms with E-state index in [1.807, 2.05) is 30.3 Å². The molecule has 0 aromatic heterocycles. The molecule has 0 unspecified atom stereocenters. The summed E-state index contributed by atoms with van der Waals surface area (Å²) in [6.07, 6.45) is 5.81. The van der Waals surface area contributed by atoms with E-state index in [0.29, 0.717) is 30.8 Å². The number of nitrogens with one attached hydrogen (secondary N) is 1. The van der Waals surface area contributed by atoms with E-state index in [1.165, 1.54) is 24.3 Å². The number of terminal acetylenes is 1. The van der Waals surface area contributed by atoms with Gasteiger partial charge in [-0.15, -0.1) is 12.3 Å². The number of anilines is 1. The van der Waals surface area contributed by atoms with Gasteiger partial charge in [0.05, 0.1) is 4.90 Å². The predicted molar refractivity (Wildman–Crippen MR) is 118 cm³/mol. The fourth-order valence-corrected chi connectivity index (χ4v) is 3.99. The van der Waals surface area contributed by atoms with Crippen molar-refractivity contribution in [2.24, 2.45) is 0 Å². The molecule has 6 heteroatoms. The first kappa shape index (κ1) is 21.2. The Morgan fingerprint density at radius 2 is 1.50 bits per heavy atom. The van der Waals surface area contributed by atoms with Crippen molar-refractivity contribution in [1.82, 2.24) is 4.90 Å². The maximum atomic E-state index is 13.0. The zero-order valence-electron chi connectivity index (χ0n) is 16.4. The second-order valence-electron chi connectivity index (χ2n) is 6.66. The van der Waals surface area contributed by atoms with Gasteiger partial charge in [0.25, 0.3) is 15.9 Å². The molecular formula is C24H22N2O3S. The van der Waals surface area contributed by atoms with Crippen LogP contribution in [0.5, 0.6) is 0 Å². The van der Waals surface area contributed by atoms with E-state index < -0.39 is 10.0 Å². The highest BCUT2D eigenvalue weighted by atomic mass is 32.2. The van der Waals surface area contributed by atoms with Gasteiger partial charge in [-0.25, -0.2) is 8.42 Å². The summed E-state index contributed by atoms with van der Waals surface area (Å²) in [5.74, 6) is 2.36. The third-order valence-corrected chi connectivity index (χ3v) is 5.86. The largest absolute Gasteiger partial charge is 0.333 e. The third-order valence-electron chi connectivity index (χ3n) is 4.47. The van der Waals surface area contributed by atoms with Crippen LogP contribution in [0.15, 0.2) is 89.8 Å². The number of carbonyl (C=O) groups excluding carboxylic acids is 1. The number of hydrogen-bond donors (Lipinski definition) is 1. The normalized spacial score (nSPS) is 10.8. The van der Waals surface area contributed by atoms with Crippen LogP contribution in [0.3, 0.4) is 0 Å². The summed E-state index contributed by atoms with van der Waals surface area (Å²) in [6.45, 7) is 0.844. The fourth-order valence-electron chi connectivity index (χ4n) is 2.94. The molecule has 0 bridgehead atoms. The number of nitrogens with zero attached hydrogens (tertiary/aromatic N) is 1. The summed E-state index contributed by atoms with van der Waals surface area (Å²) >= 11 is 0. The lowest BCUT2D eigenvalue weighted by Crippen LogP contribution is -2.31. The van der Waals surface area contributed by atoms with Gasteiger partial charge >= 0.3 is 0 Å². The van der Waals surface area contributed by atoms with E-state index in [0.717, 1.165) is 5.56 Å². The van der Waals surface area contributed by atoms with Crippen LogP contribution in [-0.4, -0.2) is 25.8 Å². The van der Waals surface area contributed by atoms with Crippen LogP contribution < -0.4 is 4.72 Å². The quantitative estimate of drug-likeness (QED) is 0.559. The van der Waals surface area contributed by atoms with Crippen LogP contribution in [0.4, 0.5) is 5.69 Å². The van der Waals surface area contributed by atoms with Gasteiger partial charge in [-0.05, 0) is 42.0 Å². The van der Waals surface area contributed by atoms with Crippen LogP contribution in [0, 0.1) is 12.3 Å². The van der Waals surface area contributed by atoms with Crippen molar-refractivity contribution in [2.75, 3.05) is 11.3 Å². The van der Waals surface area contributed by atoms with E-state index in [9.17, 15) is 13.2 Å². The van der Waals surface area contributed by atoms with Crippen molar-refractivity contribution in [2.45, 2.75) is 17.9 Å². The molecular weight excluding hydrogens is 396 g/mol. The number of sulfonamides is 1. The molecule has 0 aliphatic rings. The molecule has 152 valence electrons. The number of hydrogen-bond acceptors (Lipinski definition) is 3. The highest BCUT2D eigenvalue weighted by molar-refractivity contribution is 7.92. The molecule has 0 fully saturated rings. The Hall–Kier alpha value is -3.56. The maximum absolute atomic E-state index is 13.0.